The summed E-state index contributed by atoms with van der Waals surface area (Å²) in [5.74, 6) is 2.93. The van der Waals surface area contributed by atoms with Crippen molar-refractivity contribution in [3.8, 4) is 11.5 Å². The average Bonchev–Trinajstić information content (AvgIpc) is 2.78. The lowest BCUT2D eigenvalue weighted by atomic mass is 9.78. The van der Waals surface area contributed by atoms with E-state index in [1.807, 2.05) is 6.07 Å². The molecule has 2 aliphatic heterocycles. The van der Waals surface area contributed by atoms with Gasteiger partial charge in [0.1, 0.15) is 0 Å². The average molecular weight is 337 g/mol. The Morgan fingerprint density at radius 3 is 2.87 bits per heavy atom. The topological polar surface area (TPSA) is 47.7 Å². The summed E-state index contributed by atoms with van der Waals surface area (Å²) in [5, 5.41) is 0.660. The van der Waals surface area contributed by atoms with Crippen molar-refractivity contribution >= 4 is 11.6 Å². The number of nitrogens with zero attached hydrogens (tertiary/aromatic N) is 1. The normalized spacial score (nSPS) is 30.8. The third-order valence-electron chi connectivity index (χ3n) is 5.50. The third kappa shape index (κ3) is 3.17. The van der Waals surface area contributed by atoms with Crippen molar-refractivity contribution in [3.05, 3.63) is 22.7 Å². The molecule has 23 heavy (non-hydrogen) atoms. The van der Waals surface area contributed by atoms with Gasteiger partial charge in [-0.3, -0.25) is 4.90 Å². The van der Waals surface area contributed by atoms with E-state index in [0.29, 0.717) is 35.9 Å². The number of hydrogen-bond donors (Lipinski definition) is 1. The van der Waals surface area contributed by atoms with Crippen LogP contribution in [0.5, 0.6) is 11.5 Å². The van der Waals surface area contributed by atoms with Crippen LogP contribution in [-0.2, 0) is 6.54 Å². The molecule has 1 aromatic carbocycles. The fourth-order valence-corrected chi connectivity index (χ4v) is 4.66. The van der Waals surface area contributed by atoms with Gasteiger partial charge in [0.25, 0.3) is 0 Å². The van der Waals surface area contributed by atoms with E-state index in [-0.39, 0.29) is 0 Å². The molecular formula is C18H25ClN2O2. The highest BCUT2D eigenvalue weighted by molar-refractivity contribution is 6.32. The minimum Gasteiger partial charge on any atom is -0.489 e. The highest BCUT2D eigenvalue weighted by atomic mass is 35.5. The van der Waals surface area contributed by atoms with E-state index < -0.39 is 0 Å². The molecule has 0 aromatic heterocycles. The summed E-state index contributed by atoms with van der Waals surface area (Å²) in [5.41, 5.74) is 7.52. The molecule has 3 unspecified atom stereocenters. The minimum absolute atomic E-state index is 0.381. The molecule has 0 amide bonds. The highest BCUT2D eigenvalue weighted by Crippen LogP contribution is 2.40. The van der Waals surface area contributed by atoms with Crippen LogP contribution in [0.25, 0.3) is 0 Å². The van der Waals surface area contributed by atoms with Crippen LogP contribution in [0.2, 0.25) is 5.02 Å². The van der Waals surface area contributed by atoms with Crippen LogP contribution in [0.1, 0.15) is 31.2 Å². The van der Waals surface area contributed by atoms with E-state index >= 15 is 0 Å². The van der Waals surface area contributed by atoms with Crippen molar-refractivity contribution in [3.63, 3.8) is 0 Å². The molecule has 1 aromatic rings. The van der Waals surface area contributed by atoms with Gasteiger partial charge in [0.15, 0.2) is 11.5 Å². The van der Waals surface area contributed by atoms with Gasteiger partial charge in [-0.1, -0.05) is 18.0 Å². The number of hydrogen-bond acceptors (Lipinski definition) is 4. The summed E-state index contributed by atoms with van der Waals surface area (Å²) < 4.78 is 11.5. The Kier molecular flexibility index (Phi) is 4.39. The van der Waals surface area contributed by atoms with Crippen LogP contribution in [0.3, 0.4) is 0 Å². The largest absolute Gasteiger partial charge is 0.489 e. The molecule has 4 nitrogen and oxygen atoms in total. The molecule has 126 valence electrons. The lowest BCUT2D eigenvalue weighted by molar-refractivity contribution is 0.259. The van der Waals surface area contributed by atoms with Gasteiger partial charge in [0.05, 0.1) is 18.2 Å². The zero-order valence-corrected chi connectivity index (χ0v) is 14.2. The maximum atomic E-state index is 6.41. The van der Waals surface area contributed by atoms with Crippen molar-refractivity contribution in [1.82, 2.24) is 4.90 Å². The van der Waals surface area contributed by atoms with Crippen LogP contribution in [0.4, 0.5) is 0 Å². The van der Waals surface area contributed by atoms with Crippen LogP contribution in [0, 0.1) is 11.8 Å². The predicted octanol–water partition coefficient (Wildman–Crippen LogP) is 3.06. The smallest absolute Gasteiger partial charge is 0.179 e. The Bertz CT molecular complexity index is 580. The van der Waals surface area contributed by atoms with Crippen LogP contribution in [0.15, 0.2) is 12.1 Å². The fourth-order valence-electron chi connectivity index (χ4n) is 4.37. The number of likely N-dealkylation sites (tertiary alicyclic amines) is 1. The van der Waals surface area contributed by atoms with E-state index in [1.165, 1.54) is 24.8 Å². The third-order valence-corrected chi connectivity index (χ3v) is 5.78. The number of benzene rings is 1. The van der Waals surface area contributed by atoms with Gasteiger partial charge in [0.2, 0.25) is 0 Å². The Morgan fingerprint density at radius 1 is 1.13 bits per heavy atom. The van der Waals surface area contributed by atoms with Crippen molar-refractivity contribution < 1.29 is 9.47 Å². The van der Waals surface area contributed by atoms with Crippen molar-refractivity contribution in [2.45, 2.75) is 38.3 Å². The number of ether oxygens (including phenoxy) is 2. The molecule has 0 spiro atoms. The predicted molar refractivity (Wildman–Crippen MR) is 91.1 cm³/mol. The first-order valence-corrected chi connectivity index (χ1v) is 9.14. The van der Waals surface area contributed by atoms with Crippen LogP contribution < -0.4 is 15.2 Å². The monoisotopic (exact) mass is 336 g/mol. The molecule has 1 saturated carbocycles. The zero-order valence-electron chi connectivity index (χ0n) is 13.5. The Hall–Kier alpha value is -0.970. The lowest BCUT2D eigenvalue weighted by Gasteiger charge is -2.29. The number of halogens is 1. The Morgan fingerprint density at radius 2 is 2.00 bits per heavy atom. The molecular weight excluding hydrogens is 312 g/mol. The summed E-state index contributed by atoms with van der Waals surface area (Å²) in [6.45, 7) is 4.54. The van der Waals surface area contributed by atoms with Crippen molar-refractivity contribution in [2.24, 2.45) is 17.6 Å². The number of nitrogens with two attached hydrogens (primary N) is 1. The molecule has 2 heterocycles. The molecule has 4 rings (SSSR count). The second kappa shape index (κ2) is 6.50. The maximum absolute atomic E-state index is 6.41. The standard InChI is InChI=1S/C18H25ClN2O2/c19-15-7-12(8-17-18(15)23-6-2-5-22-17)9-21-10-13-3-1-4-16(20)14(13)11-21/h7-8,13-14,16H,1-6,9-11,20H2. The van der Waals surface area contributed by atoms with Gasteiger partial charge in [-0.05, 0) is 42.4 Å². The summed E-state index contributed by atoms with van der Waals surface area (Å²) in [6.07, 6.45) is 4.70. The molecule has 1 aliphatic carbocycles. The first-order chi connectivity index (χ1) is 11.2. The van der Waals surface area contributed by atoms with E-state index in [9.17, 15) is 0 Å². The van der Waals surface area contributed by atoms with E-state index in [2.05, 4.69) is 11.0 Å². The first kappa shape index (κ1) is 15.6. The maximum Gasteiger partial charge on any atom is 0.179 e. The van der Waals surface area contributed by atoms with Gasteiger partial charge < -0.3 is 15.2 Å². The second-order valence-electron chi connectivity index (χ2n) is 7.17. The summed E-state index contributed by atoms with van der Waals surface area (Å²) in [4.78, 5) is 2.52. The van der Waals surface area contributed by atoms with Crippen molar-refractivity contribution in [2.75, 3.05) is 26.3 Å². The molecule has 0 bridgehead atoms. The Balaban J connectivity index is 1.49. The van der Waals surface area contributed by atoms with Gasteiger partial charge in [-0.25, -0.2) is 0 Å². The van der Waals surface area contributed by atoms with E-state index in [1.54, 1.807) is 0 Å². The highest BCUT2D eigenvalue weighted by Gasteiger charge is 2.38. The van der Waals surface area contributed by atoms with E-state index in [4.69, 9.17) is 26.8 Å². The van der Waals surface area contributed by atoms with Crippen LogP contribution in [-0.4, -0.2) is 37.2 Å². The van der Waals surface area contributed by atoms with Gasteiger partial charge in [0, 0.05) is 32.1 Å². The number of rotatable bonds is 2. The minimum atomic E-state index is 0.381. The second-order valence-corrected chi connectivity index (χ2v) is 7.58. The Labute approximate surface area is 142 Å². The quantitative estimate of drug-likeness (QED) is 0.901. The van der Waals surface area contributed by atoms with Gasteiger partial charge in [-0.2, -0.15) is 0 Å². The van der Waals surface area contributed by atoms with Crippen LogP contribution >= 0.6 is 11.6 Å². The first-order valence-electron chi connectivity index (χ1n) is 8.76. The van der Waals surface area contributed by atoms with E-state index in [0.717, 1.165) is 37.7 Å². The fraction of sp³-hybridized carbons (Fsp3) is 0.667. The molecule has 3 atom stereocenters. The number of fused-ring (bicyclic) bond motifs is 2. The van der Waals surface area contributed by atoms with Gasteiger partial charge >= 0.3 is 0 Å². The zero-order chi connectivity index (χ0) is 15.8. The summed E-state index contributed by atoms with van der Waals surface area (Å²) >= 11 is 6.41. The van der Waals surface area contributed by atoms with Gasteiger partial charge in [-0.15, -0.1) is 0 Å². The summed E-state index contributed by atoms with van der Waals surface area (Å²) in [6, 6.07) is 4.50. The van der Waals surface area contributed by atoms with Crippen molar-refractivity contribution in [1.29, 1.82) is 0 Å². The molecule has 3 aliphatic rings. The lowest BCUT2D eigenvalue weighted by Crippen LogP contribution is -2.38. The summed E-state index contributed by atoms with van der Waals surface area (Å²) in [7, 11) is 0. The molecule has 5 heteroatoms. The molecule has 2 fully saturated rings. The molecule has 0 radical (unpaired) electrons. The SMILES string of the molecule is NC1CCCC2CN(Cc3cc(Cl)c4c(c3)OCCCO4)CC12. The molecule has 1 saturated heterocycles. The molecule has 2 N–H and O–H groups in total.